The van der Waals surface area contributed by atoms with Crippen molar-refractivity contribution >= 4 is 27.7 Å². The van der Waals surface area contributed by atoms with Gasteiger partial charge in [0.1, 0.15) is 0 Å². The number of hydrogen-bond donors (Lipinski definition) is 1. The molecule has 1 unspecified atom stereocenters. The lowest BCUT2D eigenvalue weighted by Gasteiger charge is -2.16. The van der Waals surface area contributed by atoms with Crippen molar-refractivity contribution in [2.24, 2.45) is 0 Å². The highest BCUT2D eigenvalue weighted by Gasteiger charge is 2.07. The Labute approximate surface area is 104 Å². The van der Waals surface area contributed by atoms with E-state index in [0.29, 0.717) is 6.04 Å². The van der Waals surface area contributed by atoms with Crippen molar-refractivity contribution < 1.29 is 0 Å². The van der Waals surface area contributed by atoms with E-state index in [4.69, 9.17) is 0 Å². The van der Waals surface area contributed by atoms with E-state index in [1.165, 1.54) is 5.56 Å². The highest BCUT2D eigenvalue weighted by molar-refractivity contribution is 9.10. The molecule has 1 aromatic heterocycles. The summed E-state index contributed by atoms with van der Waals surface area (Å²) in [6, 6.07) is 2.68. The third-order valence-electron chi connectivity index (χ3n) is 2.10. The molecule has 2 nitrogen and oxygen atoms in total. The predicted molar refractivity (Wildman–Crippen MR) is 71.5 cm³/mol. The maximum absolute atomic E-state index is 4.18. The highest BCUT2D eigenvalue weighted by Crippen LogP contribution is 2.12. The van der Waals surface area contributed by atoms with Crippen LogP contribution in [0.2, 0.25) is 0 Å². The Morgan fingerprint density at radius 3 is 2.93 bits per heavy atom. The lowest BCUT2D eigenvalue weighted by molar-refractivity contribution is 0.572. The predicted octanol–water partition coefficient (Wildman–Crippen LogP) is 2.73. The van der Waals surface area contributed by atoms with Crippen LogP contribution in [-0.4, -0.2) is 29.6 Å². The van der Waals surface area contributed by atoms with Gasteiger partial charge < -0.3 is 5.32 Å². The SMILES string of the molecule is CCNC(CSC)Cc1cncc(Br)c1. The molecule has 1 N–H and O–H groups in total. The molecule has 1 aromatic rings. The number of nitrogens with one attached hydrogen (secondary N) is 1. The third kappa shape index (κ3) is 5.00. The molecule has 4 heteroatoms. The van der Waals surface area contributed by atoms with Gasteiger partial charge in [-0.25, -0.2) is 0 Å². The fourth-order valence-corrected chi connectivity index (χ4v) is 2.58. The minimum absolute atomic E-state index is 0.543. The Morgan fingerprint density at radius 1 is 1.53 bits per heavy atom. The maximum atomic E-state index is 4.18. The molecule has 0 amide bonds. The number of likely N-dealkylation sites (N-methyl/N-ethyl adjacent to an activating group) is 1. The summed E-state index contributed by atoms with van der Waals surface area (Å²) >= 11 is 5.32. The fourth-order valence-electron chi connectivity index (χ4n) is 1.53. The molecule has 1 heterocycles. The molecule has 1 atom stereocenters. The molecule has 0 saturated heterocycles. The molecule has 0 fully saturated rings. The Balaban J connectivity index is 2.56. The van der Waals surface area contributed by atoms with Crippen molar-refractivity contribution in [2.45, 2.75) is 19.4 Å². The minimum Gasteiger partial charge on any atom is -0.313 e. The molecule has 0 spiro atoms. The first-order chi connectivity index (χ1) is 7.26. The molecule has 1 rings (SSSR count). The van der Waals surface area contributed by atoms with E-state index in [1.54, 1.807) is 0 Å². The van der Waals surface area contributed by atoms with Gasteiger partial charge >= 0.3 is 0 Å². The van der Waals surface area contributed by atoms with Crippen molar-refractivity contribution in [3.8, 4) is 0 Å². The van der Waals surface area contributed by atoms with Gasteiger partial charge in [-0.05, 0) is 46.8 Å². The molecule has 0 aliphatic carbocycles. The molecular weight excluding hydrogens is 272 g/mol. The van der Waals surface area contributed by atoms with Gasteiger partial charge in [0.25, 0.3) is 0 Å². The average molecular weight is 289 g/mol. The molecule has 0 saturated carbocycles. The maximum Gasteiger partial charge on any atom is 0.0410 e. The Hall–Kier alpha value is -0.0600. The summed E-state index contributed by atoms with van der Waals surface area (Å²) in [6.07, 6.45) is 6.94. The van der Waals surface area contributed by atoms with Crippen molar-refractivity contribution in [3.63, 3.8) is 0 Å². The minimum atomic E-state index is 0.543. The number of thioether (sulfide) groups is 1. The van der Waals surface area contributed by atoms with Crippen LogP contribution >= 0.6 is 27.7 Å². The molecule has 0 aliphatic rings. The van der Waals surface area contributed by atoms with Gasteiger partial charge in [0, 0.05) is 28.7 Å². The van der Waals surface area contributed by atoms with E-state index in [9.17, 15) is 0 Å². The average Bonchev–Trinajstić information content (AvgIpc) is 2.18. The van der Waals surface area contributed by atoms with E-state index < -0.39 is 0 Å². The Bertz CT molecular complexity index is 288. The molecule has 0 radical (unpaired) electrons. The first-order valence-electron chi connectivity index (χ1n) is 5.08. The highest BCUT2D eigenvalue weighted by atomic mass is 79.9. The van der Waals surface area contributed by atoms with Gasteiger partial charge in [-0.3, -0.25) is 4.98 Å². The van der Waals surface area contributed by atoms with Crippen LogP contribution in [0.15, 0.2) is 22.9 Å². The number of aromatic nitrogens is 1. The Kier molecular flexibility index (Phi) is 6.29. The van der Waals surface area contributed by atoms with Gasteiger partial charge in [-0.1, -0.05) is 6.92 Å². The van der Waals surface area contributed by atoms with Gasteiger partial charge in [0.2, 0.25) is 0 Å². The van der Waals surface area contributed by atoms with E-state index in [-0.39, 0.29) is 0 Å². The van der Waals surface area contributed by atoms with E-state index in [1.807, 2.05) is 24.2 Å². The summed E-state index contributed by atoms with van der Waals surface area (Å²) in [5.74, 6) is 1.14. The van der Waals surface area contributed by atoms with E-state index in [2.05, 4.69) is 45.5 Å². The summed E-state index contributed by atoms with van der Waals surface area (Å²) in [5, 5.41) is 3.49. The standard InChI is InChI=1S/C11H17BrN2S/c1-3-14-11(8-15-2)5-9-4-10(12)7-13-6-9/h4,6-7,11,14H,3,5,8H2,1-2H3. The van der Waals surface area contributed by atoms with Gasteiger partial charge in [0.05, 0.1) is 0 Å². The molecule has 84 valence electrons. The van der Waals surface area contributed by atoms with E-state index >= 15 is 0 Å². The second-order valence-electron chi connectivity index (χ2n) is 3.43. The zero-order valence-electron chi connectivity index (χ0n) is 9.16. The van der Waals surface area contributed by atoms with E-state index in [0.717, 1.165) is 23.2 Å². The zero-order chi connectivity index (χ0) is 11.1. The number of nitrogens with zero attached hydrogens (tertiary/aromatic N) is 1. The second-order valence-corrected chi connectivity index (χ2v) is 5.25. The van der Waals surface area contributed by atoms with Crippen LogP contribution in [0.3, 0.4) is 0 Å². The first kappa shape index (κ1) is 13.0. The van der Waals surface area contributed by atoms with Crippen LogP contribution in [0.5, 0.6) is 0 Å². The smallest absolute Gasteiger partial charge is 0.0410 e. The van der Waals surface area contributed by atoms with Gasteiger partial charge in [0.15, 0.2) is 0 Å². The number of rotatable bonds is 6. The first-order valence-corrected chi connectivity index (χ1v) is 7.26. The molecule has 15 heavy (non-hydrogen) atoms. The van der Waals surface area contributed by atoms with Crippen LogP contribution in [-0.2, 0) is 6.42 Å². The largest absolute Gasteiger partial charge is 0.313 e. The summed E-state index contributed by atoms with van der Waals surface area (Å²) in [5.41, 5.74) is 1.28. The lowest BCUT2D eigenvalue weighted by atomic mass is 10.1. The van der Waals surface area contributed by atoms with Crippen LogP contribution in [0.4, 0.5) is 0 Å². The summed E-state index contributed by atoms with van der Waals surface area (Å²) in [4.78, 5) is 4.18. The summed E-state index contributed by atoms with van der Waals surface area (Å²) in [7, 11) is 0. The fraction of sp³-hybridized carbons (Fsp3) is 0.545. The van der Waals surface area contributed by atoms with Crippen molar-refractivity contribution in [1.82, 2.24) is 10.3 Å². The van der Waals surface area contributed by atoms with Crippen LogP contribution in [0, 0.1) is 0 Å². The number of pyridine rings is 1. The quantitative estimate of drug-likeness (QED) is 0.871. The third-order valence-corrected chi connectivity index (χ3v) is 3.27. The van der Waals surface area contributed by atoms with Gasteiger partial charge in [-0.15, -0.1) is 0 Å². The zero-order valence-corrected chi connectivity index (χ0v) is 11.6. The number of halogens is 1. The Morgan fingerprint density at radius 2 is 2.33 bits per heavy atom. The second kappa shape index (κ2) is 7.25. The van der Waals surface area contributed by atoms with Crippen LogP contribution in [0.1, 0.15) is 12.5 Å². The number of hydrogen-bond acceptors (Lipinski definition) is 3. The molecule has 0 aliphatic heterocycles. The molecule has 0 aromatic carbocycles. The van der Waals surface area contributed by atoms with Crippen LogP contribution < -0.4 is 5.32 Å². The van der Waals surface area contributed by atoms with Crippen molar-refractivity contribution in [2.75, 3.05) is 18.6 Å². The monoisotopic (exact) mass is 288 g/mol. The van der Waals surface area contributed by atoms with Crippen molar-refractivity contribution in [1.29, 1.82) is 0 Å². The normalized spacial score (nSPS) is 12.7. The summed E-state index contributed by atoms with van der Waals surface area (Å²) in [6.45, 7) is 3.17. The van der Waals surface area contributed by atoms with Crippen LogP contribution in [0.25, 0.3) is 0 Å². The summed E-state index contributed by atoms with van der Waals surface area (Å²) < 4.78 is 1.06. The molecular formula is C11H17BrN2S. The lowest BCUT2D eigenvalue weighted by Crippen LogP contribution is -2.33. The van der Waals surface area contributed by atoms with Gasteiger partial charge in [-0.2, -0.15) is 11.8 Å². The topological polar surface area (TPSA) is 24.9 Å². The molecule has 0 bridgehead atoms. The van der Waals surface area contributed by atoms with Crippen molar-refractivity contribution in [3.05, 3.63) is 28.5 Å².